The molecule has 110 valence electrons. The fourth-order valence-electron chi connectivity index (χ4n) is 2.48. The molecule has 7 heteroatoms. The van der Waals surface area contributed by atoms with Crippen LogP contribution in [0.2, 0.25) is 0 Å². The first-order valence-corrected chi connectivity index (χ1v) is 6.49. The van der Waals surface area contributed by atoms with Crippen molar-refractivity contribution in [2.75, 3.05) is 25.5 Å². The van der Waals surface area contributed by atoms with Gasteiger partial charge in [0.15, 0.2) is 0 Å². The van der Waals surface area contributed by atoms with E-state index in [0.717, 1.165) is 32.0 Å². The average molecular weight is 285 g/mol. The Kier molecular flexibility index (Phi) is 4.49. The summed E-state index contributed by atoms with van der Waals surface area (Å²) in [6.07, 6.45) is -0.825. The lowest BCUT2D eigenvalue weighted by atomic mass is 10.0. The normalized spacial score (nSPS) is 20.1. The van der Waals surface area contributed by atoms with Crippen LogP contribution in [0.15, 0.2) is 18.2 Å². The number of likely N-dealkylation sites (N-methyl/N-ethyl adjacent to an activating group) is 1. The monoisotopic (exact) mass is 285 g/mol. The molecule has 0 aromatic heterocycles. The second kappa shape index (κ2) is 6.13. The van der Waals surface area contributed by atoms with Crippen LogP contribution in [0.1, 0.15) is 24.8 Å². The number of rotatable bonds is 4. The van der Waals surface area contributed by atoms with E-state index in [1.54, 1.807) is 0 Å². The number of nitrogens with one attached hydrogen (secondary N) is 1. The van der Waals surface area contributed by atoms with Gasteiger partial charge >= 0.3 is 0 Å². The van der Waals surface area contributed by atoms with Crippen LogP contribution in [-0.4, -0.2) is 36.0 Å². The van der Waals surface area contributed by atoms with Crippen LogP contribution in [0.4, 0.5) is 20.2 Å². The van der Waals surface area contributed by atoms with Crippen molar-refractivity contribution in [1.29, 1.82) is 0 Å². The number of anilines is 1. The van der Waals surface area contributed by atoms with Crippen molar-refractivity contribution in [2.45, 2.75) is 25.3 Å². The van der Waals surface area contributed by atoms with Gasteiger partial charge in [-0.2, -0.15) is 0 Å². The molecule has 5 nitrogen and oxygen atoms in total. The van der Waals surface area contributed by atoms with Crippen LogP contribution in [0.25, 0.3) is 0 Å². The van der Waals surface area contributed by atoms with Crippen LogP contribution in [-0.2, 0) is 0 Å². The quantitative estimate of drug-likeness (QED) is 0.682. The molecular formula is C13H17F2N3O2. The second-order valence-corrected chi connectivity index (χ2v) is 5.08. The number of benzene rings is 1. The Labute approximate surface area is 115 Å². The largest absolute Gasteiger partial charge is 0.381 e. The summed E-state index contributed by atoms with van der Waals surface area (Å²) in [5.74, 6) is 0. The van der Waals surface area contributed by atoms with Gasteiger partial charge in [-0.15, -0.1) is 0 Å². The van der Waals surface area contributed by atoms with Gasteiger partial charge in [0, 0.05) is 36.0 Å². The average Bonchev–Trinajstić information content (AvgIpc) is 2.38. The zero-order valence-electron chi connectivity index (χ0n) is 11.2. The Bertz CT molecular complexity index is 497. The van der Waals surface area contributed by atoms with Crippen molar-refractivity contribution < 1.29 is 13.7 Å². The molecule has 1 fully saturated rings. The minimum absolute atomic E-state index is 0.0905. The standard InChI is InChI=1S/C13H17F2N3O2/c1-17-6-2-3-9(8-17)16-12-5-4-10(18(19)20)7-11(12)13(14)15/h4-5,7,9,13,16H,2-3,6,8H2,1H3. The third-order valence-corrected chi connectivity index (χ3v) is 3.47. The fraction of sp³-hybridized carbons (Fsp3) is 0.538. The highest BCUT2D eigenvalue weighted by atomic mass is 19.3. The number of alkyl halides is 2. The van der Waals surface area contributed by atoms with E-state index >= 15 is 0 Å². The molecule has 20 heavy (non-hydrogen) atoms. The molecule has 2 rings (SSSR count). The molecule has 1 heterocycles. The minimum Gasteiger partial charge on any atom is -0.381 e. The highest BCUT2D eigenvalue weighted by Crippen LogP contribution is 2.31. The maximum absolute atomic E-state index is 13.0. The number of likely N-dealkylation sites (tertiary alicyclic amines) is 1. The highest BCUT2D eigenvalue weighted by Gasteiger charge is 2.22. The molecule has 0 spiro atoms. The number of non-ortho nitro benzene ring substituents is 1. The van der Waals surface area contributed by atoms with Gasteiger partial charge in [-0.1, -0.05) is 0 Å². The predicted octanol–water partition coefficient (Wildman–Crippen LogP) is 3.04. The predicted molar refractivity (Wildman–Crippen MR) is 72.2 cm³/mol. The van der Waals surface area contributed by atoms with Crippen molar-refractivity contribution in [3.63, 3.8) is 0 Å². The highest BCUT2D eigenvalue weighted by molar-refractivity contribution is 5.57. The summed E-state index contributed by atoms with van der Waals surface area (Å²) in [5.41, 5.74) is -0.343. The molecule has 1 N–H and O–H groups in total. The molecule has 1 unspecified atom stereocenters. The van der Waals surface area contributed by atoms with Gasteiger partial charge in [-0.25, -0.2) is 8.78 Å². The topological polar surface area (TPSA) is 58.4 Å². The first kappa shape index (κ1) is 14.6. The Hall–Kier alpha value is -1.76. The van der Waals surface area contributed by atoms with Gasteiger partial charge < -0.3 is 10.2 Å². The Morgan fingerprint density at radius 2 is 2.25 bits per heavy atom. The molecule has 0 amide bonds. The number of nitro groups is 1. The second-order valence-electron chi connectivity index (χ2n) is 5.08. The summed E-state index contributed by atoms with van der Waals surface area (Å²) in [4.78, 5) is 12.1. The van der Waals surface area contributed by atoms with E-state index in [2.05, 4.69) is 10.2 Å². The molecule has 1 aromatic rings. The van der Waals surface area contributed by atoms with E-state index in [1.165, 1.54) is 12.1 Å². The van der Waals surface area contributed by atoms with Gasteiger partial charge in [0.05, 0.1) is 4.92 Å². The van der Waals surface area contributed by atoms with E-state index in [9.17, 15) is 18.9 Å². The van der Waals surface area contributed by atoms with Gasteiger partial charge in [0.2, 0.25) is 0 Å². The lowest BCUT2D eigenvalue weighted by Gasteiger charge is -2.31. The lowest BCUT2D eigenvalue weighted by Crippen LogP contribution is -2.39. The molecule has 1 atom stereocenters. The number of nitrogens with zero attached hydrogens (tertiary/aromatic N) is 2. The summed E-state index contributed by atoms with van der Waals surface area (Å²) in [6.45, 7) is 1.78. The first-order chi connectivity index (χ1) is 9.47. The lowest BCUT2D eigenvalue weighted by molar-refractivity contribution is -0.385. The number of hydrogen-bond acceptors (Lipinski definition) is 4. The van der Waals surface area contributed by atoms with Crippen molar-refractivity contribution in [3.05, 3.63) is 33.9 Å². The van der Waals surface area contributed by atoms with Gasteiger partial charge in [-0.3, -0.25) is 10.1 Å². The van der Waals surface area contributed by atoms with Crippen LogP contribution in [0.5, 0.6) is 0 Å². The number of hydrogen-bond donors (Lipinski definition) is 1. The molecule has 1 aliphatic heterocycles. The van der Waals surface area contributed by atoms with Crippen molar-refractivity contribution >= 4 is 11.4 Å². The first-order valence-electron chi connectivity index (χ1n) is 6.49. The fourth-order valence-corrected chi connectivity index (χ4v) is 2.48. The number of piperidine rings is 1. The van der Waals surface area contributed by atoms with Gasteiger partial charge in [0.1, 0.15) is 0 Å². The SMILES string of the molecule is CN1CCCC(Nc2ccc([N+](=O)[O-])cc2C(F)F)C1. The third-order valence-electron chi connectivity index (χ3n) is 3.47. The molecule has 1 aliphatic rings. The summed E-state index contributed by atoms with van der Waals surface area (Å²) >= 11 is 0. The van der Waals surface area contributed by atoms with E-state index in [1.807, 2.05) is 7.05 Å². The molecule has 0 bridgehead atoms. The Balaban J connectivity index is 2.20. The van der Waals surface area contributed by atoms with E-state index in [-0.39, 0.29) is 23.0 Å². The molecule has 1 saturated heterocycles. The Morgan fingerprint density at radius 1 is 1.50 bits per heavy atom. The van der Waals surface area contributed by atoms with Crippen LogP contribution >= 0.6 is 0 Å². The van der Waals surface area contributed by atoms with Gasteiger partial charge in [-0.05, 0) is 32.5 Å². The van der Waals surface area contributed by atoms with E-state index < -0.39 is 11.3 Å². The van der Waals surface area contributed by atoms with Crippen LogP contribution < -0.4 is 5.32 Å². The smallest absolute Gasteiger partial charge is 0.270 e. The van der Waals surface area contributed by atoms with Crippen molar-refractivity contribution in [3.8, 4) is 0 Å². The maximum Gasteiger partial charge on any atom is 0.270 e. The van der Waals surface area contributed by atoms with Gasteiger partial charge in [0.25, 0.3) is 12.1 Å². The third kappa shape index (κ3) is 3.41. The Morgan fingerprint density at radius 3 is 2.85 bits per heavy atom. The zero-order valence-corrected chi connectivity index (χ0v) is 11.2. The number of nitro benzene ring substituents is 1. The molecule has 0 aliphatic carbocycles. The summed E-state index contributed by atoms with van der Waals surface area (Å²) < 4.78 is 26.1. The summed E-state index contributed by atoms with van der Waals surface area (Å²) in [6, 6.07) is 3.65. The zero-order chi connectivity index (χ0) is 14.7. The van der Waals surface area contributed by atoms with Crippen molar-refractivity contribution in [2.24, 2.45) is 0 Å². The summed E-state index contributed by atoms with van der Waals surface area (Å²) in [5, 5.41) is 13.7. The summed E-state index contributed by atoms with van der Waals surface area (Å²) in [7, 11) is 1.98. The van der Waals surface area contributed by atoms with E-state index in [4.69, 9.17) is 0 Å². The van der Waals surface area contributed by atoms with E-state index in [0.29, 0.717) is 0 Å². The van der Waals surface area contributed by atoms with Crippen LogP contribution in [0, 0.1) is 10.1 Å². The maximum atomic E-state index is 13.0. The van der Waals surface area contributed by atoms with Crippen molar-refractivity contribution in [1.82, 2.24) is 4.90 Å². The molecule has 0 saturated carbocycles. The molecule has 0 radical (unpaired) electrons. The molecular weight excluding hydrogens is 268 g/mol. The minimum atomic E-state index is -2.74. The number of halogens is 2. The molecule has 1 aromatic carbocycles. The van der Waals surface area contributed by atoms with Crippen LogP contribution in [0.3, 0.4) is 0 Å².